The molecule has 3 nitrogen and oxygen atoms in total. The monoisotopic (exact) mass is 256 g/mol. The first-order valence-electron chi connectivity index (χ1n) is 3.32. The molecule has 0 aromatic carbocycles. The largest absolute Gasteiger partial charge is 0.525 e. The second kappa shape index (κ2) is 4.28. The van der Waals surface area contributed by atoms with Crippen LogP contribution in [0.2, 0.25) is 0 Å². The van der Waals surface area contributed by atoms with Gasteiger partial charge < -0.3 is 5.11 Å². The van der Waals surface area contributed by atoms with Crippen molar-refractivity contribution in [2.45, 2.75) is 18.4 Å². The Kier molecular flexibility index (Phi) is 3.92. The fourth-order valence-corrected chi connectivity index (χ4v) is 0.533. The van der Waals surface area contributed by atoms with Gasteiger partial charge in [0.05, 0.1) is 0 Å². The summed E-state index contributed by atoms with van der Waals surface area (Å²) < 4.78 is 84.8. The zero-order valence-corrected chi connectivity index (χ0v) is 7.06. The lowest BCUT2D eigenvalue weighted by atomic mass is 10.2. The SMILES string of the molecule is O=C(O)/C=C/[C@](F)(OC(F)(F)F)C(F)(F)F. The fourth-order valence-electron chi connectivity index (χ4n) is 0.533. The topological polar surface area (TPSA) is 46.5 Å². The number of hydrogen-bond donors (Lipinski definition) is 1. The highest BCUT2D eigenvalue weighted by molar-refractivity contribution is 5.79. The smallest absolute Gasteiger partial charge is 0.478 e. The maximum absolute atomic E-state index is 12.7. The van der Waals surface area contributed by atoms with Gasteiger partial charge in [-0.2, -0.15) is 17.6 Å². The molecule has 0 heterocycles. The quantitative estimate of drug-likeness (QED) is 0.623. The highest BCUT2D eigenvalue weighted by Gasteiger charge is 2.61. The van der Waals surface area contributed by atoms with Crippen molar-refractivity contribution in [1.29, 1.82) is 0 Å². The second-order valence-corrected chi connectivity index (χ2v) is 2.36. The average molecular weight is 256 g/mol. The number of alkyl halides is 7. The Morgan fingerprint density at radius 1 is 1.06 bits per heavy atom. The maximum atomic E-state index is 12.7. The van der Waals surface area contributed by atoms with Crippen LogP contribution in [-0.2, 0) is 9.53 Å². The van der Waals surface area contributed by atoms with Crippen LogP contribution in [-0.4, -0.2) is 29.5 Å². The predicted molar refractivity (Wildman–Crippen MR) is 33.8 cm³/mol. The molecule has 0 amide bonds. The number of halogens is 7. The standard InChI is InChI=1S/C6H3F7O3/c7-4(5(8,9)10,2-1-3(14)15)16-6(11,12)13/h1-2H,(H,14,15)/b2-1+/t4-/m0/s1. The predicted octanol–water partition coefficient (Wildman–Crippen LogP) is 2.39. The average Bonchev–Trinajstić information content (AvgIpc) is 1.95. The minimum atomic E-state index is -6.06. The molecule has 0 saturated carbocycles. The lowest BCUT2D eigenvalue weighted by molar-refractivity contribution is -0.432. The van der Waals surface area contributed by atoms with Gasteiger partial charge in [-0.3, -0.25) is 0 Å². The van der Waals surface area contributed by atoms with E-state index in [1.54, 1.807) is 0 Å². The highest BCUT2D eigenvalue weighted by atomic mass is 19.4. The number of ether oxygens (including phenoxy) is 1. The van der Waals surface area contributed by atoms with E-state index in [1.165, 1.54) is 0 Å². The Labute approximate surface area is 83.1 Å². The molecule has 16 heavy (non-hydrogen) atoms. The normalized spacial score (nSPS) is 17.4. The van der Waals surface area contributed by atoms with Gasteiger partial charge >= 0.3 is 24.4 Å². The Hall–Kier alpha value is -1.32. The van der Waals surface area contributed by atoms with Crippen LogP contribution in [0.25, 0.3) is 0 Å². The molecule has 0 radical (unpaired) electrons. The van der Waals surface area contributed by atoms with Gasteiger partial charge in [0, 0.05) is 6.08 Å². The van der Waals surface area contributed by atoms with E-state index in [2.05, 4.69) is 4.74 Å². The summed E-state index contributed by atoms with van der Waals surface area (Å²) in [5.74, 6) is -7.29. The van der Waals surface area contributed by atoms with Crippen molar-refractivity contribution in [2.24, 2.45) is 0 Å². The van der Waals surface area contributed by atoms with Crippen LogP contribution >= 0.6 is 0 Å². The van der Waals surface area contributed by atoms with Gasteiger partial charge in [-0.15, -0.1) is 13.2 Å². The van der Waals surface area contributed by atoms with Gasteiger partial charge in [0.25, 0.3) is 0 Å². The van der Waals surface area contributed by atoms with Crippen LogP contribution in [0.4, 0.5) is 30.7 Å². The molecule has 10 heteroatoms. The van der Waals surface area contributed by atoms with E-state index in [1.807, 2.05) is 0 Å². The van der Waals surface area contributed by atoms with Crippen LogP contribution in [0, 0.1) is 0 Å². The summed E-state index contributed by atoms with van der Waals surface area (Å²) in [7, 11) is 0. The van der Waals surface area contributed by atoms with E-state index >= 15 is 0 Å². The zero-order valence-electron chi connectivity index (χ0n) is 7.06. The van der Waals surface area contributed by atoms with Gasteiger partial charge in [-0.1, -0.05) is 0 Å². The van der Waals surface area contributed by atoms with Crippen molar-refractivity contribution in [2.75, 3.05) is 0 Å². The Balaban J connectivity index is 5.14. The first-order chi connectivity index (χ1) is 6.87. The Morgan fingerprint density at radius 2 is 1.50 bits per heavy atom. The van der Waals surface area contributed by atoms with Crippen LogP contribution in [0.5, 0.6) is 0 Å². The molecule has 1 N–H and O–H groups in total. The van der Waals surface area contributed by atoms with Crippen molar-refractivity contribution < 1.29 is 45.4 Å². The van der Waals surface area contributed by atoms with Crippen LogP contribution in [0.15, 0.2) is 12.2 Å². The molecule has 0 aromatic heterocycles. The Morgan fingerprint density at radius 3 is 1.75 bits per heavy atom. The number of aliphatic carboxylic acids is 1. The molecule has 0 fully saturated rings. The third kappa shape index (κ3) is 4.47. The van der Waals surface area contributed by atoms with Crippen LogP contribution < -0.4 is 0 Å². The third-order valence-corrected chi connectivity index (χ3v) is 1.09. The molecular formula is C6H3F7O3. The summed E-state index contributed by atoms with van der Waals surface area (Å²) in [5.41, 5.74) is 0. The minimum absolute atomic E-state index is 0.445. The molecule has 0 rings (SSSR count). The number of carboxylic acid groups (broad SMARTS) is 1. The molecule has 0 aliphatic carbocycles. The van der Waals surface area contributed by atoms with Crippen molar-refractivity contribution in [3.8, 4) is 0 Å². The molecule has 0 spiro atoms. The van der Waals surface area contributed by atoms with Crippen molar-refractivity contribution in [3.05, 3.63) is 12.2 Å². The van der Waals surface area contributed by atoms with E-state index in [9.17, 15) is 35.5 Å². The number of carboxylic acids is 1. The molecule has 0 bridgehead atoms. The Bertz CT molecular complexity index is 291. The summed E-state index contributed by atoms with van der Waals surface area (Å²) >= 11 is 0. The molecule has 0 aliphatic rings. The lowest BCUT2D eigenvalue weighted by Crippen LogP contribution is -2.45. The second-order valence-electron chi connectivity index (χ2n) is 2.36. The van der Waals surface area contributed by atoms with E-state index < -0.39 is 36.5 Å². The van der Waals surface area contributed by atoms with Crippen LogP contribution in [0.3, 0.4) is 0 Å². The van der Waals surface area contributed by atoms with Gasteiger partial charge in [0.1, 0.15) is 0 Å². The molecule has 94 valence electrons. The molecule has 0 unspecified atom stereocenters. The van der Waals surface area contributed by atoms with E-state index in [-0.39, 0.29) is 0 Å². The molecule has 1 atom stereocenters. The molecular weight excluding hydrogens is 253 g/mol. The number of rotatable bonds is 3. The zero-order chi connectivity index (χ0) is 13.2. The molecule has 0 aromatic rings. The molecule has 0 saturated heterocycles. The van der Waals surface area contributed by atoms with E-state index in [4.69, 9.17) is 5.11 Å². The number of carbonyl (C=O) groups is 1. The van der Waals surface area contributed by atoms with Crippen molar-refractivity contribution >= 4 is 5.97 Å². The third-order valence-electron chi connectivity index (χ3n) is 1.09. The van der Waals surface area contributed by atoms with Crippen LogP contribution in [0.1, 0.15) is 0 Å². The molecule has 0 aliphatic heterocycles. The summed E-state index contributed by atoms with van der Waals surface area (Å²) in [5, 5.41) is 7.88. The summed E-state index contributed by atoms with van der Waals surface area (Å²) in [6, 6.07) is 0. The van der Waals surface area contributed by atoms with Gasteiger partial charge in [-0.05, 0) is 6.08 Å². The maximum Gasteiger partial charge on any atom is 0.525 e. The van der Waals surface area contributed by atoms with E-state index in [0.29, 0.717) is 0 Å². The summed E-state index contributed by atoms with van der Waals surface area (Å²) in [6.07, 6.45) is -13.3. The van der Waals surface area contributed by atoms with E-state index in [0.717, 1.165) is 0 Å². The first-order valence-corrected chi connectivity index (χ1v) is 3.32. The van der Waals surface area contributed by atoms with Gasteiger partial charge in [0.15, 0.2) is 0 Å². The highest BCUT2D eigenvalue weighted by Crippen LogP contribution is 2.40. The fraction of sp³-hybridized carbons (Fsp3) is 0.500. The summed E-state index contributed by atoms with van der Waals surface area (Å²) in [6.45, 7) is 0. The first kappa shape index (κ1) is 14.7. The van der Waals surface area contributed by atoms with Gasteiger partial charge in [0.2, 0.25) is 0 Å². The minimum Gasteiger partial charge on any atom is -0.478 e. The van der Waals surface area contributed by atoms with Crippen molar-refractivity contribution in [3.63, 3.8) is 0 Å². The summed E-state index contributed by atoms with van der Waals surface area (Å²) in [4.78, 5) is 9.78. The number of hydrogen-bond acceptors (Lipinski definition) is 2. The lowest BCUT2D eigenvalue weighted by Gasteiger charge is -2.25. The van der Waals surface area contributed by atoms with Crippen molar-refractivity contribution in [1.82, 2.24) is 0 Å². The van der Waals surface area contributed by atoms with Gasteiger partial charge in [-0.25, -0.2) is 9.53 Å².